The van der Waals surface area contributed by atoms with Crippen molar-refractivity contribution in [2.45, 2.75) is 13.5 Å². The molecule has 0 radical (unpaired) electrons. The zero-order valence-electron chi connectivity index (χ0n) is 10.8. The summed E-state index contributed by atoms with van der Waals surface area (Å²) in [6.45, 7) is 1.30. The molecule has 104 valence electrons. The van der Waals surface area contributed by atoms with Gasteiger partial charge < -0.3 is 10.4 Å². The second-order valence-electron chi connectivity index (χ2n) is 4.39. The van der Waals surface area contributed by atoms with Gasteiger partial charge in [0.1, 0.15) is 11.6 Å². The number of hydrogen-bond acceptors (Lipinski definition) is 2. The lowest BCUT2D eigenvalue weighted by Gasteiger charge is -2.08. The van der Waals surface area contributed by atoms with Crippen LogP contribution in [0.4, 0.5) is 14.5 Å². The fourth-order valence-corrected chi connectivity index (χ4v) is 1.78. The van der Waals surface area contributed by atoms with E-state index in [1.807, 2.05) is 0 Å². The summed E-state index contributed by atoms with van der Waals surface area (Å²) in [5.74, 6) is -2.27. The first kappa shape index (κ1) is 14.1. The molecule has 0 saturated carbocycles. The molecule has 3 nitrogen and oxygen atoms in total. The van der Waals surface area contributed by atoms with Crippen LogP contribution >= 0.6 is 0 Å². The Morgan fingerprint density at radius 1 is 1.20 bits per heavy atom. The number of amides is 1. The molecule has 1 amide bonds. The van der Waals surface area contributed by atoms with Crippen LogP contribution in [0.3, 0.4) is 0 Å². The largest absolute Gasteiger partial charge is 0.392 e. The molecule has 0 saturated heterocycles. The molecular weight excluding hydrogens is 264 g/mol. The van der Waals surface area contributed by atoms with Crippen LogP contribution in [0.5, 0.6) is 0 Å². The highest BCUT2D eigenvalue weighted by Crippen LogP contribution is 2.17. The van der Waals surface area contributed by atoms with Crippen molar-refractivity contribution in [2.24, 2.45) is 0 Å². The molecule has 0 heterocycles. The van der Waals surface area contributed by atoms with Gasteiger partial charge in [-0.25, -0.2) is 8.78 Å². The van der Waals surface area contributed by atoms with Crippen LogP contribution in [-0.4, -0.2) is 11.0 Å². The van der Waals surface area contributed by atoms with Gasteiger partial charge in [-0.2, -0.15) is 0 Å². The summed E-state index contributed by atoms with van der Waals surface area (Å²) in [4.78, 5) is 12.0. The van der Waals surface area contributed by atoms with E-state index in [-0.39, 0.29) is 17.7 Å². The van der Waals surface area contributed by atoms with E-state index >= 15 is 0 Å². The van der Waals surface area contributed by atoms with Crippen molar-refractivity contribution in [3.63, 3.8) is 0 Å². The van der Waals surface area contributed by atoms with Gasteiger partial charge in [0.05, 0.1) is 12.2 Å². The van der Waals surface area contributed by atoms with Crippen LogP contribution in [0.1, 0.15) is 21.5 Å². The standard InChI is InChI=1S/C15H13F2NO2/c1-9-5-12(14(17)7-13(9)16)15(20)18-11-4-2-3-10(6-11)8-19/h2-7,19H,8H2,1H3,(H,18,20). The molecule has 0 bridgehead atoms. The van der Waals surface area contributed by atoms with Crippen molar-refractivity contribution in [3.8, 4) is 0 Å². The minimum absolute atomic E-state index is 0.159. The van der Waals surface area contributed by atoms with Gasteiger partial charge in [-0.1, -0.05) is 12.1 Å². The van der Waals surface area contributed by atoms with E-state index in [9.17, 15) is 13.6 Å². The normalized spacial score (nSPS) is 10.4. The average molecular weight is 277 g/mol. The van der Waals surface area contributed by atoms with Crippen molar-refractivity contribution in [1.82, 2.24) is 0 Å². The Balaban J connectivity index is 2.26. The number of nitrogens with one attached hydrogen (secondary N) is 1. The minimum atomic E-state index is -0.913. The Hall–Kier alpha value is -2.27. The van der Waals surface area contributed by atoms with Crippen molar-refractivity contribution in [2.75, 3.05) is 5.32 Å². The molecule has 0 aliphatic carbocycles. The van der Waals surface area contributed by atoms with E-state index < -0.39 is 17.5 Å². The SMILES string of the molecule is Cc1cc(C(=O)Nc2cccc(CO)c2)c(F)cc1F. The van der Waals surface area contributed by atoms with Crippen LogP contribution in [-0.2, 0) is 6.61 Å². The molecule has 0 aliphatic rings. The number of benzene rings is 2. The highest BCUT2D eigenvalue weighted by atomic mass is 19.1. The average Bonchev–Trinajstić information content (AvgIpc) is 2.43. The van der Waals surface area contributed by atoms with Crippen molar-refractivity contribution < 1.29 is 18.7 Å². The third-order valence-corrected chi connectivity index (χ3v) is 2.86. The summed E-state index contributed by atoms with van der Waals surface area (Å²) >= 11 is 0. The van der Waals surface area contributed by atoms with E-state index in [1.54, 1.807) is 24.3 Å². The van der Waals surface area contributed by atoms with Gasteiger partial charge in [-0.15, -0.1) is 0 Å². The first-order valence-corrected chi connectivity index (χ1v) is 5.98. The molecule has 2 aromatic rings. The first-order valence-electron chi connectivity index (χ1n) is 5.98. The molecular formula is C15H13F2NO2. The van der Waals surface area contributed by atoms with Crippen LogP contribution in [0, 0.1) is 18.6 Å². The fraction of sp³-hybridized carbons (Fsp3) is 0.133. The van der Waals surface area contributed by atoms with Gasteiger partial charge in [0.15, 0.2) is 0 Å². The van der Waals surface area contributed by atoms with E-state index in [1.165, 1.54) is 6.92 Å². The van der Waals surface area contributed by atoms with Gasteiger partial charge in [0.2, 0.25) is 0 Å². The highest BCUT2D eigenvalue weighted by molar-refractivity contribution is 6.04. The molecule has 0 aliphatic heterocycles. The maximum Gasteiger partial charge on any atom is 0.258 e. The Morgan fingerprint density at radius 2 is 1.95 bits per heavy atom. The number of carbonyl (C=O) groups is 1. The zero-order chi connectivity index (χ0) is 14.7. The van der Waals surface area contributed by atoms with Crippen LogP contribution < -0.4 is 5.32 Å². The summed E-state index contributed by atoms with van der Waals surface area (Å²) in [6.07, 6.45) is 0. The molecule has 5 heteroatoms. The maximum atomic E-state index is 13.6. The number of aryl methyl sites for hydroxylation is 1. The molecule has 2 rings (SSSR count). The third kappa shape index (κ3) is 3.00. The summed E-state index contributed by atoms with van der Waals surface area (Å²) in [5, 5.41) is 11.5. The van der Waals surface area contributed by atoms with E-state index in [0.717, 1.165) is 6.07 Å². The zero-order valence-corrected chi connectivity index (χ0v) is 10.8. The van der Waals surface area contributed by atoms with Crippen molar-refractivity contribution in [3.05, 3.63) is 64.7 Å². The molecule has 0 aromatic heterocycles. The van der Waals surface area contributed by atoms with Crippen molar-refractivity contribution >= 4 is 11.6 Å². The van der Waals surface area contributed by atoms with Crippen LogP contribution in [0.2, 0.25) is 0 Å². The van der Waals surface area contributed by atoms with Crippen LogP contribution in [0.15, 0.2) is 36.4 Å². The lowest BCUT2D eigenvalue weighted by Crippen LogP contribution is -2.14. The van der Waals surface area contributed by atoms with Gasteiger partial charge in [-0.05, 0) is 36.2 Å². The number of aliphatic hydroxyl groups excluding tert-OH is 1. The predicted octanol–water partition coefficient (Wildman–Crippen LogP) is 3.02. The Labute approximate surface area is 114 Å². The summed E-state index contributed by atoms with van der Waals surface area (Å²) in [6, 6.07) is 8.40. The predicted molar refractivity (Wildman–Crippen MR) is 71.4 cm³/mol. The lowest BCUT2D eigenvalue weighted by atomic mass is 10.1. The minimum Gasteiger partial charge on any atom is -0.392 e. The Bertz CT molecular complexity index is 656. The highest BCUT2D eigenvalue weighted by Gasteiger charge is 2.14. The third-order valence-electron chi connectivity index (χ3n) is 2.86. The van der Waals surface area contributed by atoms with Gasteiger partial charge in [0, 0.05) is 11.8 Å². The Morgan fingerprint density at radius 3 is 2.65 bits per heavy atom. The second-order valence-corrected chi connectivity index (χ2v) is 4.39. The van der Waals surface area contributed by atoms with E-state index in [0.29, 0.717) is 17.3 Å². The molecule has 0 atom stereocenters. The number of rotatable bonds is 3. The first-order chi connectivity index (χ1) is 9.51. The fourth-order valence-electron chi connectivity index (χ4n) is 1.78. The molecule has 0 unspecified atom stereocenters. The number of aliphatic hydroxyl groups is 1. The smallest absolute Gasteiger partial charge is 0.258 e. The molecule has 2 N–H and O–H groups in total. The van der Waals surface area contributed by atoms with Gasteiger partial charge in [-0.3, -0.25) is 4.79 Å². The summed E-state index contributed by atoms with van der Waals surface area (Å²) in [7, 11) is 0. The number of hydrogen-bond donors (Lipinski definition) is 2. The van der Waals surface area contributed by atoms with E-state index in [4.69, 9.17) is 5.11 Å². The van der Waals surface area contributed by atoms with E-state index in [2.05, 4.69) is 5.32 Å². The van der Waals surface area contributed by atoms with Gasteiger partial charge in [0.25, 0.3) is 5.91 Å². The summed E-state index contributed by atoms with van der Waals surface area (Å²) in [5.41, 5.74) is 1.03. The maximum absolute atomic E-state index is 13.6. The quantitative estimate of drug-likeness (QED) is 0.906. The number of carbonyl (C=O) groups excluding carboxylic acids is 1. The molecule has 0 fully saturated rings. The molecule has 20 heavy (non-hydrogen) atoms. The monoisotopic (exact) mass is 277 g/mol. The number of halogens is 2. The van der Waals surface area contributed by atoms with Crippen molar-refractivity contribution in [1.29, 1.82) is 0 Å². The Kier molecular flexibility index (Phi) is 4.10. The van der Waals surface area contributed by atoms with Gasteiger partial charge >= 0.3 is 0 Å². The van der Waals surface area contributed by atoms with Crippen LogP contribution in [0.25, 0.3) is 0 Å². The lowest BCUT2D eigenvalue weighted by molar-refractivity contribution is 0.102. The molecule has 2 aromatic carbocycles. The number of anilines is 1. The summed E-state index contributed by atoms with van der Waals surface area (Å²) < 4.78 is 26.7. The second kappa shape index (κ2) is 5.79. The topological polar surface area (TPSA) is 49.3 Å². The molecule has 0 spiro atoms.